The zero-order chi connectivity index (χ0) is 10.6. The molecule has 15 heavy (non-hydrogen) atoms. The van der Waals surface area contributed by atoms with E-state index in [0.29, 0.717) is 18.1 Å². The van der Waals surface area contributed by atoms with E-state index in [-0.39, 0.29) is 5.56 Å². The molecule has 1 aliphatic heterocycles. The summed E-state index contributed by atoms with van der Waals surface area (Å²) in [6.45, 7) is 0. The number of amidine groups is 1. The molecule has 0 amide bonds. The third-order valence-corrected chi connectivity index (χ3v) is 2.68. The lowest BCUT2D eigenvalue weighted by atomic mass is 10.1. The molecule has 1 aliphatic rings. The van der Waals surface area contributed by atoms with Crippen molar-refractivity contribution in [3.63, 3.8) is 0 Å². The first-order valence-corrected chi connectivity index (χ1v) is 4.69. The van der Waals surface area contributed by atoms with Crippen molar-refractivity contribution >= 4 is 22.6 Å². The number of nitrogens with two attached hydrogens (primary N) is 1. The molecule has 0 radical (unpaired) electrons. The van der Waals surface area contributed by atoms with Crippen LogP contribution in [0.1, 0.15) is 5.56 Å². The maximum atomic E-state index is 11.4. The largest absolute Gasteiger partial charge is 0.387 e. The second-order valence-corrected chi connectivity index (χ2v) is 3.79. The van der Waals surface area contributed by atoms with Crippen LogP contribution in [0.25, 0.3) is 10.9 Å². The lowest BCUT2D eigenvalue weighted by Gasteiger charge is -2.08. The second-order valence-electron chi connectivity index (χ2n) is 3.79. The highest BCUT2D eigenvalue weighted by molar-refractivity contribution is 6.01. The van der Waals surface area contributed by atoms with Gasteiger partial charge in [0.05, 0.1) is 5.52 Å². The van der Waals surface area contributed by atoms with E-state index in [1.54, 1.807) is 6.07 Å². The molecule has 0 aliphatic carbocycles. The zero-order valence-corrected chi connectivity index (χ0v) is 8.24. The van der Waals surface area contributed by atoms with Gasteiger partial charge < -0.3 is 15.3 Å². The fraction of sp³-hybridized carbons (Fsp3) is 0.200. The number of H-pyrrole nitrogens is 1. The number of rotatable bonds is 0. The average Bonchev–Trinajstić information content (AvgIpc) is 2.43. The maximum Gasteiger partial charge on any atom is 0.251 e. The number of nitrogens with zero attached hydrogens (tertiary/aromatic N) is 2. The van der Waals surface area contributed by atoms with Crippen molar-refractivity contribution < 1.29 is 0 Å². The molecule has 5 heteroatoms. The minimum atomic E-state index is -0.149. The molecule has 0 saturated heterocycles. The summed E-state index contributed by atoms with van der Waals surface area (Å²) in [7, 11) is 1.91. The molecule has 3 N–H and O–H groups in total. The summed E-state index contributed by atoms with van der Waals surface area (Å²) in [6.07, 6.45) is 2.64. The van der Waals surface area contributed by atoms with Gasteiger partial charge in [0, 0.05) is 31.1 Å². The Balaban J connectivity index is 2.55. The Bertz CT molecular complexity index is 647. The number of aliphatic imine (C=N–C) groups is 1. The zero-order valence-electron chi connectivity index (χ0n) is 8.24. The maximum absolute atomic E-state index is 11.4. The highest BCUT2D eigenvalue weighted by atomic mass is 16.1. The lowest BCUT2D eigenvalue weighted by Crippen LogP contribution is -2.17. The van der Waals surface area contributed by atoms with Crippen molar-refractivity contribution in [2.24, 2.45) is 17.8 Å². The summed E-state index contributed by atoms with van der Waals surface area (Å²) < 4.78 is 1.93. The Morgan fingerprint density at radius 1 is 1.60 bits per heavy atom. The fourth-order valence-electron chi connectivity index (χ4n) is 2.09. The molecule has 0 bridgehead atoms. The van der Waals surface area contributed by atoms with Gasteiger partial charge in [0.25, 0.3) is 5.56 Å². The molecule has 2 aromatic heterocycles. The highest BCUT2D eigenvalue weighted by Crippen LogP contribution is 2.30. The molecule has 76 valence electrons. The number of hydrogen-bond acceptors (Lipinski definition) is 3. The predicted molar refractivity (Wildman–Crippen MR) is 58.5 cm³/mol. The van der Waals surface area contributed by atoms with Crippen LogP contribution >= 0.6 is 0 Å². The first-order valence-electron chi connectivity index (χ1n) is 4.69. The Labute approximate surface area is 85.2 Å². The van der Waals surface area contributed by atoms with Crippen LogP contribution in [0.2, 0.25) is 0 Å². The van der Waals surface area contributed by atoms with Crippen LogP contribution in [0.3, 0.4) is 0 Å². The predicted octanol–water partition coefficient (Wildman–Crippen LogP) is 0.411. The van der Waals surface area contributed by atoms with E-state index in [4.69, 9.17) is 5.73 Å². The van der Waals surface area contributed by atoms with Crippen LogP contribution in [-0.2, 0) is 13.5 Å². The number of hydrogen-bond donors (Lipinski definition) is 2. The van der Waals surface area contributed by atoms with Gasteiger partial charge in [0.1, 0.15) is 11.7 Å². The molecular formula is C10H10N4O. The molecule has 0 fully saturated rings. The summed E-state index contributed by atoms with van der Waals surface area (Å²) in [5, 5.41) is 1.01. The van der Waals surface area contributed by atoms with Crippen LogP contribution in [-0.4, -0.2) is 15.4 Å². The highest BCUT2D eigenvalue weighted by Gasteiger charge is 2.17. The Kier molecular flexibility index (Phi) is 1.38. The van der Waals surface area contributed by atoms with E-state index in [2.05, 4.69) is 9.98 Å². The van der Waals surface area contributed by atoms with E-state index in [0.717, 1.165) is 16.5 Å². The molecular weight excluding hydrogens is 192 g/mol. The quantitative estimate of drug-likeness (QED) is 0.649. The van der Waals surface area contributed by atoms with Gasteiger partial charge >= 0.3 is 0 Å². The van der Waals surface area contributed by atoms with Crippen molar-refractivity contribution in [3.8, 4) is 0 Å². The minimum absolute atomic E-state index is 0.149. The van der Waals surface area contributed by atoms with Crippen LogP contribution in [0.15, 0.2) is 22.1 Å². The number of aromatic amines is 1. The molecule has 3 heterocycles. The van der Waals surface area contributed by atoms with Crippen molar-refractivity contribution in [3.05, 3.63) is 28.2 Å². The smallest absolute Gasteiger partial charge is 0.251 e. The molecule has 3 rings (SSSR count). The van der Waals surface area contributed by atoms with Crippen molar-refractivity contribution in [2.75, 3.05) is 0 Å². The number of pyridine rings is 1. The standard InChI is InChI=1S/C10H10N4O/c1-14-4-5-2-7(11)12-10-9(5)6(14)3-8(15)13-10/h3-4H,2H2,1H3,(H3,11,12,13,15). The molecule has 0 spiro atoms. The van der Waals surface area contributed by atoms with E-state index in [9.17, 15) is 4.79 Å². The lowest BCUT2D eigenvalue weighted by molar-refractivity contribution is 0.960. The van der Waals surface area contributed by atoms with Crippen LogP contribution in [0.4, 0.5) is 5.82 Å². The summed E-state index contributed by atoms with van der Waals surface area (Å²) in [5.41, 5.74) is 7.57. The van der Waals surface area contributed by atoms with Gasteiger partial charge in [-0.2, -0.15) is 0 Å². The van der Waals surface area contributed by atoms with Crippen molar-refractivity contribution in [1.29, 1.82) is 0 Å². The normalized spacial score (nSPS) is 14.3. The summed E-state index contributed by atoms with van der Waals surface area (Å²) in [5.74, 6) is 1.12. The topological polar surface area (TPSA) is 76.2 Å². The third-order valence-electron chi connectivity index (χ3n) is 2.68. The summed E-state index contributed by atoms with van der Waals surface area (Å²) >= 11 is 0. The van der Waals surface area contributed by atoms with Crippen LogP contribution < -0.4 is 11.3 Å². The minimum Gasteiger partial charge on any atom is -0.387 e. The summed E-state index contributed by atoms with van der Waals surface area (Å²) in [4.78, 5) is 18.2. The molecule has 0 atom stereocenters. The van der Waals surface area contributed by atoms with Gasteiger partial charge in [-0.3, -0.25) is 4.79 Å². The molecule has 5 nitrogen and oxygen atoms in total. The average molecular weight is 202 g/mol. The second kappa shape index (κ2) is 2.50. The number of nitrogens with one attached hydrogen (secondary N) is 1. The van der Waals surface area contributed by atoms with E-state index in [1.807, 2.05) is 17.8 Å². The van der Waals surface area contributed by atoms with Gasteiger partial charge in [-0.05, 0) is 5.56 Å². The van der Waals surface area contributed by atoms with Crippen molar-refractivity contribution in [1.82, 2.24) is 9.55 Å². The number of aryl methyl sites for hydroxylation is 1. The van der Waals surface area contributed by atoms with Gasteiger partial charge in [-0.15, -0.1) is 0 Å². The Hall–Kier alpha value is -2.04. The SMILES string of the molecule is Cn1cc2c3c([nH]c(=O)cc31)N=C(N)C2. The first-order chi connectivity index (χ1) is 7.15. The van der Waals surface area contributed by atoms with Crippen molar-refractivity contribution in [2.45, 2.75) is 6.42 Å². The van der Waals surface area contributed by atoms with Crippen LogP contribution in [0.5, 0.6) is 0 Å². The molecule has 0 saturated carbocycles. The van der Waals surface area contributed by atoms with Gasteiger partial charge in [-0.25, -0.2) is 4.99 Å². The summed E-state index contributed by atoms with van der Waals surface area (Å²) in [6, 6.07) is 1.58. The third kappa shape index (κ3) is 1.03. The van der Waals surface area contributed by atoms with E-state index in [1.165, 1.54) is 0 Å². The molecule has 0 unspecified atom stereocenters. The van der Waals surface area contributed by atoms with Gasteiger partial charge in [-0.1, -0.05) is 0 Å². The van der Waals surface area contributed by atoms with Gasteiger partial charge in [0.15, 0.2) is 0 Å². The van der Waals surface area contributed by atoms with Gasteiger partial charge in [0.2, 0.25) is 0 Å². The Morgan fingerprint density at radius 3 is 3.20 bits per heavy atom. The molecule has 0 aromatic carbocycles. The van der Waals surface area contributed by atoms with E-state index >= 15 is 0 Å². The van der Waals surface area contributed by atoms with Crippen LogP contribution in [0, 0.1) is 0 Å². The van der Waals surface area contributed by atoms with E-state index < -0.39 is 0 Å². The fourth-order valence-corrected chi connectivity index (χ4v) is 2.09. The first kappa shape index (κ1) is 8.28. The Morgan fingerprint density at radius 2 is 2.40 bits per heavy atom. The molecule has 2 aromatic rings. The number of aromatic nitrogens is 2. The monoisotopic (exact) mass is 202 g/mol.